The van der Waals surface area contributed by atoms with Gasteiger partial charge in [0, 0.05) is 18.6 Å². The first-order valence-corrected chi connectivity index (χ1v) is 7.49. The van der Waals surface area contributed by atoms with E-state index >= 15 is 0 Å². The highest BCUT2D eigenvalue weighted by molar-refractivity contribution is 5.97. The van der Waals surface area contributed by atoms with Gasteiger partial charge in [0.05, 0.1) is 6.61 Å². The zero-order chi connectivity index (χ0) is 18.8. The van der Waals surface area contributed by atoms with Crippen molar-refractivity contribution < 1.29 is 33.8 Å². The largest absolute Gasteiger partial charge is 0.480 e. The molecule has 1 aromatic carbocycles. The molecule has 0 saturated carbocycles. The van der Waals surface area contributed by atoms with Gasteiger partial charge in [-0.25, -0.2) is 9.59 Å². The van der Waals surface area contributed by atoms with Gasteiger partial charge in [-0.15, -0.1) is 0 Å². The highest BCUT2D eigenvalue weighted by Crippen LogP contribution is 2.14. The Kier molecular flexibility index (Phi) is 7.85. The molecular formula is C17H19NO7. The molecule has 8 nitrogen and oxygen atoms in total. The number of benzene rings is 1. The van der Waals surface area contributed by atoms with Gasteiger partial charge in [0.15, 0.2) is 0 Å². The van der Waals surface area contributed by atoms with Crippen molar-refractivity contribution in [2.24, 2.45) is 0 Å². The van der Waals surface area contributed by atoms with Crippen molar-refractivity contribution >= 4 is 23.8 Å². The van der Waals surface area contributed by atoms with E-state index in [-0.39, 0.29) is 24.3 Å². The second-order valence-electron chi connectivity index (χ2n) is 4.88. The van der Waals surface area contributed by atoms with Crippen LogP contribution in [0.3, 0.4) is 0 Å². The Labute approximate surface area is 144 Å². The standard InChI is InChI=1S/C17H19NO7/c1-3-24-15(20)9-5-8-14(17(22)23)18-16(21)12-6-4-7-13(10-12)25-11(2)19/h4-7,9-10,14H,3,8H2,1-2H3,(H,18,21)(H,22,23)/b9-5+/t14-/m0/s1. The zero-order valence-corrected chi connectivity index (χ0v) is 13.9. The van der Waals surface area contributed by atoms with Crippen LogP contribution in [0.1, 0.15) is 30.6 Å². The summed E-state index contributed by atoms with van der Waals surface area (Å²) in [6, 6.07) is 4.55. The maximum atomic E-state index is 12.2. The van der Waals surface area contributed by atoms with E-state index in [0.29, 0.717) is 0 Å². The first-order chi connectivity index (χ1) is 11.8. The molecule has 1 amide bonds. The van der Waals surface area contributed by atoms with Crippen LogP contribution >= 0.6 is 0 Å². The van der Waals surface area contributed by atoms with Gasteiger partial charge in [0.2, 0.25) is 0 Å². The van der Waals surface area contributed by atoms with E-state index in [0.717, 1.165) is 6.08 Å². The lowest BCUT2D eigenvalue weighted by atomic mass is 10.1. The summed E-state index contributed by atoms with van der Waals surface area (Å²) < 4.78 is 9.55. The van der Waals surface area contributed by atoms with Crippen molar-refractivity contribution in [1.29, 1.82) is 0 Å². The number of amides is 1. The van der Waals surface area contributed by atoms with Crippen LogP contribution in [0.4, 0.5) is 0 Å². The van der Waals surface area contributed by atoms with Crippen LogP contribution in [0.2, 0.25) is 0 Å². The van der Waals surface area contributed by atoms with E-state index in [2.05, 4.69) is 10.1 Å². The summed E-state index contributed by atoms with van der Waals surface area (Å²) >= 11 is 0. The Morgan fingerprint density at radius 1 is 1.28 bits per heavy atom. The molecule has 0 aromatic heterocycles. The summed E-state index contributed by atoms with van der Waals surface area (Å²) in [6.07, 6.45) is 2.32. The molecule has 0 unspecified atom stereocenters. The van der Waals surface area contributed by atoms with E-state index in [1.165, 1.54) is 37.3 Å². The molecule has 1 aromatic rings. The molecule has 1 atom stereocenters. The molecule has 0 fully saturated rings. The fourth-order valence-electron chi connectivity index (χ4n) is 1.82. The fraction of sp³-hybridized carbons (Fsp3) is 0.294. The van der Waals surface area contributed by atoms with Crippen LogP contribution in [0.25, 0.3) is 0 Å². The molecule has 0 aliphatic carbocycles. The number of hydrogen-bond acceptors (Lipinski definition) is 6. The second-order valence-corrected chi connectivity index (χ2v) is 4.88. The average molecular weight is 349 g/mol. The van der Waals surface area contributed by atoms with Crippen molar-refractivity contribution in [2.75, 3.05) is 6.61 Å². The van der Waals surface area contributed by atoms with Gasteiger partial charge >= 0.3 is 17.9 Å². The van der Waals surface area contributed by atoms with Crippen molar-refractivity contribution in [2.45, 2.75) is 26.3 Å². The number of aliphatic carboxylic acids is 1. The Balaban J connectivity index is 2.75. The Morgan fingerprint density at radius 2 is 2.00 bits per heavy atom. The lowest BCUT2D eigenvalue weighted by Crippen LogP contribution is -2.40. The zero-order valence-electron chi connectivity index (χ0n) is 13.9. The predicted molar refractivity (Wildman–Crippen MR) is 87.0 cm³/mol. The third-order valence-corrected chi connectivity index (χ3v) is 2.87. The topological polar surface area (TPSA) is 119 Å². The molecular weight excluding hydrogens is 330 g/mol. The number of ether oxygens (including phenoxy) is 2. The molecule has 134 valence electrons. The van der Waals surface area contributed by atoms with E-state index in [1.807, 2.05) is 0 Å². The predicted octanol–water partition coefficient (Wildman–Crippen LogP) is 1.30. The smallest absolute Gasteiger partial charge is 0.330 e. The summed E-state index contributed by atoms with van der Waals surface area (Å²) in [5.74, 6) is -2.85. The Hall–Kier alpha value is -3.16. The van der Waals surface area contributed by atoms with Crippen LogP contribution in [-0.4, -0.2) is 41.6 Å². The van der Waals surface area contributed by atoms with Gasteiger partial charge in [0.1, 0.15) is 11.8 Å². The van der Waals surface area contributed by atoms with Gasteiger partial charge in [-0.2, -0.15) is 0 Å². The maximum absolute atomic E-state index is 12.2. The number of carboxylic acid groups (broad SMARTS) is 1. The van der Waals surface area contributed by atoms with Crippen LogP contribution in [-0.2, 0) is 19.1 Å². The molecule has 0 heterocycles. The number of carbonyl (C=O) groups is 4. The highest BCUT2D eigenvalue weighted by atomic mass is 16.5. The van der Waals surface area contributed by atoms with Crippen LogP contribution in [0, 0.1) is 0 Å². The number of nitrogens with one attached hydrogen (secondary N) is 1. The molecule has 1 rings (SSSR count). The lowest BCUT2D eigenvalue weighted by molar-refractivity contribution is -0.139. The van der Waals surface area contributed by atoms with Gasteiger partial charge in [-0.3, -0.25) is 9.59 Å². The summed E-state index contributed by atoms with van der Waals surface area (Å²) in [6.45, 7) is 3.08. The highest BCUT2D eigenvalue weighted by Gasteiger charge is 2.20. The summed E-state index contributed by atoms with van der Waals surface area (Å²) in [5, 5.41) is 11.5. The number of esters is 2. The van der Waals surface area contributed by atoms with Crippen LogP contribution in [0.15, 0.2) is 36.4 Å². The van der Waals surface area contributed by atoms with Gasteiger partial charge in [0.25, 0.3) is 5.91 Å². The molecule has 8 heteroatoms. The number of carbonyl (C=O) groups excluding carboxylic acids is 3. The fourth-order valence-corrected chi connectivity index (χ4v) is 1.82. The maximum Gasteiger partial charge on any atom is 0.330 e. The van der Waals surface area contributed by atoms with Gasteiger partial charge in [-0.1, -0.05) is 12.1 Å². The van der Waals surface area contributed by atoms with E-state index in [9.17, 15) is 24.3 Å². The molecule has 2 N–H and O–H groups in total. The molecule has 0 spiro atoms. The van der Waals surface area contributed by atoms with E-state index in [4.69, 9.17) is 4.74 Å². The molecule has 0 bridgehead atoms. The SMILES string of the molecule is CCOC(=O)/C=C/C[C@H](NC(=O)c1cccc(OC(C)=O)c1)C(=O)O. The number of carboxylic acids is 1. The first-order valence-electron chi connectivity index (χ1n) is 7.49. The minimum Gasteiger partial charge on any atom is -0.480 e. The van der Waals surface area contributed by atoms with Crippen molar-refractivity contribution in [1.82, 2.24) is 5.32 Å². The lowest BCUT2D eigenvalue weighted by Gasteiger charge is -2.13. The van der Waals surface area contributed by atoms with Crippen LogP contribution < -0.4 is 10.1 Å². The molecule has 0 radical (unpaired) electrons. The summed E-state index contributed by atoms with van der Waals surface area (Å²) in [4.78, 5) is 45.5. The first kappa shape index (κ1) is 19.9. The third-order valence-electron chi connectivity index (χ3n) is 2.87. The summed E-state index contributed by atoms with van der Waals surface area (Å²) in [5.41, 5.74) is 0.138. The quantitative estimate of drug-likeness (QED) is 0.412. The van der Waals surface area contributed by atoms with Gasteiger partial charge in [-0.05, 0) is 31.5 Å². The van der Waals surface area contributed by atoms with Crippen molar-refractivity contribution in [3.63, 3.8) is 0 Å². The number of hydrogen-bond donors (Lipinski definition) is 2. The second kappa shape index (κ2) is 9.86. The summed E-state index contributed by atoms with van der Waals surface area (Å²) in [7, 11) is 0. The Bertz CT molecular complexity index is 681. The van der Waals surface area contributed by atoms with Crippen LogP contribution in [0.5, 0.6) is 5.75 Å². The van der Waals surface area contributed by atoms with E-state index in [1.54, 1.807) is 6.92 Å². The van der Waals surface area contributed by atoms with Crippen molar-refractivity contribution in [3.8, 4) is 5.75 Å². The Morgan fingerprint density at radius 3 is 2.60 bits per heavy atom. The molecule has 0 aliphatic rings. The average Bonchev–Trinajstić information content (AvgIpc) is 2.53. The molecule has 25 heavy (non-hydrogen) atoms. The minimum atomic E-state index is -1.25. The normalized spacial score (nSPS) is 11.6. The van der Waals surface area contributed by atoms with E-state index < -0.39 is 29.9 Å². The van der Waals surface area contributed by atoms with Crippen molar-refractivity contribution in [3.05, 3.63) is 42.0 Å². The monoisotopic (exact) mass is 349 g/mol. The number of rotatable bonds is 8. The van der Waals surface area contributed by atoms with Gasteiger partial charge < -0.3 is 19.9 Å². The third kappa shape index (κ3) is 7.30. The minimum absolute atomic E-state index is 0.0937. The molecule has 0 aliphatic heterocycles. The molecule has 0 saturated heterocycles.